The normalized spacial score (nSPS) is 17.5. The fourth-order valence-corrected chi connectivity index (χ4v) is 2.79. The average molecular weight is 298 g/mol. The molecule has 1 N–H and O–H groups in total. The second-order valence-corrected chi connectivity index (χ2v) is 5.73. The number of aliphatic hydroxyl groups excluding tert-OH is 1. The highest BCUT2D eigenvalue weighted by Crippen LogP contribution is 2.17. The second-order valence-electron chi connectivity index (χ2n) is 5.73. The molecule has 0 amide bonds. The average Bonchev–Trinajstić information content (AvgIpc) is 2.56. The van der Waals surface area contributed by atoms with Crippen molar-refractivity contribution in [2.24, 2.45) is 0 Å². The van der Waals surface area contributed by atoms with Crippen LogP contribution in [0.4, 0.5) is 5.82 Å². The maximum Gasteiger partial charge on any atom is 0.147 e. The van der Waals surface area contributed by atoms with Crippen LogP contribution in [-0.4, -0.2) is 52.7 Å². The van der Waals surface area contributed by atoms with Gasteiger partial charge in [-0.2, -0.15) is 0 Å². The van der Waals surface area contributed by atoms with Gasteiger partial charge >= 0.3 is 0 Å². The van der Waals surface area contributed by atoms with Crippen LogP contribution in [-0.2, 0) is 0 Å². The zero-order valence-electron chi connectivity index (χ0n) is 12.9. The van der Waals surface area contributed by atoms with Crippen LogP contribution in [0.15, 0.2) is 42.7 Å². The van der Waals surface area contributed by atoms with Gasteiger partial charge < -0.3 is 10.0 Å². The molecule has 5 heteroatoms. The third-order valence-electron chi connectivity index (χ3n) is 4.05. The van der Waals surface area contributed by atoms with Crippen molar-refractivity contribution >= 4 is 5.82 Å². The van der Waals surface area contributed by atoms with Crippen molar-refractivity contribution in [1.82, 2.24) is 14.9 Å². The van der Waals surface area contributed by atoms with Crippen LogP contribution in [0, 0.1) is 6.92 Å². The lowest BCUT2D eigenvalue weighted by Gasteiger charge is -2.36. The Bertz CT molecular complexity index is 597. The minimum atomic E-state index is -0.425. The first-order chi connectivity index (χ1) is 10.7. The van der Waals surface area contributed by atoms with Crippen molar-refractivity contribution in [1.29, 1.82) is 0 Å². The molecule has 2 heterocycles. The number of anilines is 1. The molecule has 2 aromatic rings. The lowest BCUT2D eigenvalue weighted by Crippen LogP contribution is -2.47. The lowest BCUT2D eigenvalue weighted by atomic mass is 10.1. The minimum Gasteiger partial charge on any atom is -0.387 e. The van der Waals surface area contributed by atoms with Gasteiger partial charge in [0.2, 0.25) is 0 Å². The second kappa shape index (κ2) is 6.85. The summed E-state index contributed by atoms with van der Waals surface area (Å²) < 4.78 is 0. The lowest BCUT2D eigenvalue weighted by molar-refractivity contribution is 0.109. The molecule has 1 aromatic carbocycles. The Morgan fingerprint density at radius 1 is 1.09 bits per heavy atom. The van der Waals surface area contributed by atoms with Crippen LogP contribution < -0.4 is 4.90 Å². The Hall–Kier alpha value is -1.98. The van der Waals surface area contributed by atoms with Crippen LogP contribution >= 0.6 is 0 Å². The monoisotopic (exact) mass is 298 g/mol. The Balaban J connectivity index is 1.54. The predicted octanol–water partition coefficient (Wildman–Crippen LogP) is 1.64. The Labute approximate surface area is 131 Å². The van der Waals surface area contributed by atoms with Gasteiger partial charge in [0, 0.05) is 38.9 Å². The van der Waals surface area contributed by atoms with Gasteiger partial charge in [-0.1, -0.05) is 30.3 Å². The molecule has 1 fully saturated rings. The van der Waals surface area contributed by atoms with Crippen molar-refractivity contribution in [2.45, 2.75) is 13.0 Å². The first-order valence-electron chi connectivity index (χ1n) is 7.71. The van der Waals surface area contributed by atoms with Gasteiger partial charge in [0.05, 0.1) is 18.0 Å². The van der Waals surface area contributed by atoms with Gasteiger partial charge in [0.15, 0.2) is 0 Å². The summed E-state index contributed by atoms with van der Waals surface area (Å²) in [5.74, 6) is 0.947. The van der Waals surface area contributed by atoms with Crippen molar-refractivity contribution < 1.29 is 5.11 Å². The summed E-state index contributed by atoms with van der Waals surface area (Å²) >= 11 is 0. The van der Waals surface area contributed by atoms with E-state index in [1.807, 2.05) is 43.5 Å². The van der Waals surface area contributed by atoms with Gasteiger partial charge in [-0.25, -0.2) is 4.98 Å². The number of benzene rings is 1. The maximum absolute atomic E-state index is 10.3. The standard InChI is InChI=1S/C17H22N4O/c1-14-11-18-12-17(19-14)21-9-7-20(8-10-21)13-16(22)15-5-3-2-4-6-15/h2-6,11-12,16,22H,7-10,13H2,1H3. The molecule has 0 radical (unpaired) electrons. The van der Waals surface area contributed by atoms with E-state index in [1.54, 1.807) is 6.20 Å². The summed E-state index contributed by atoms with van der Waals surface area (Å²) in [6.45, 7) is 6.33. The van der Waals surface area contributed by atoms with E-state index >= 15 is 0 Å². The summed E-state index contributed by atoms with van der Waals surface area (Å²) in [5.41, 5.74) is 1.92. The summed E-state index contributed by atoms with van der Waals surface area (Å²) in [5, 5.41) is 10.3. The van der Waals surface area contributed by atoms with Crippen molar-refractivity contribution in [2.75, 3.05) is 37.6 Å². The fourth-order valence-electron chi connectivity index (χ4n) is 2.79. The molecule has 1 atom stereocenters. The number of β-amino-alcohol motifs (C(OH)–C–C–N with tert-alkyl or cyclic N) is 1. The SMILES string of the molecule is Cc1cncc(N2CCN(CC(O)c3ccccc3)CC2)n1. The number of hydrogen-bond acceptors (Lipinski definition) is 5. The molecule has 1 unspecified atom stereocenters. The summed E-state index contributed by atoms with van der Waals surface area (Å²) in [4.78, 5) is 13.3. The molecule has 0 bridgehead atoms. The molecule has 1 aromatic heterocycles. The van der Waals surface area contributed by atoms with E-state index < -0.39 is 6.10 Å². The van der Waals surface area contributed by atoms with Crippen LogP contribution in [0.1, 0.15) is 17.4 Å². The van der Waals surface area contributed by atoms with Gasteiger partial charge in [-0.3, -0.25) is 9.88 Å². The van der Waals surface area contributed by atoms with Crippen molar-refractivity contribution in [3.05, 3.63) is 54.0 Å². The van der Waals surface area contributed by atoms with Crippen molar-refractivity contribution in [3.63, 3.8) is 0 Å². The Morgan fingerprint density at radius 2 is 1.82 bits per heavy atom. The number of aryl methyl sites for hydroxylation is 1. The molecule has 116 valence electrons. The molecule has 1 saturated heterocycles. The van der Waals surface area contributed by atoms with Crippen LogP contribution in [0.3, 0.4) is 0 Å². The number of aliphatic hydroxyl groups is 1. The molecular formula is C17H22N4O. The van der Waals surface area contributed by atoms with E-state index in [0.29, 0.717) is 6.54 Å². The van der Waals surface area contributed by atoms with Gasteiger partial charge in [-0.05, 0) is 12.5 Å². The minimum absolute atomic E-state index is 0.425. The third-order valence-corrected chi connectivity index (χ3v) is 4.05. The largest absolute Gasteiger partial charge is 0.387 e. The Kier molecular flexibility index (Phi) is 4.65. The topological polar surface area (TPSA) is 52.5 Å². The molecule has 0 saturated carbocycles. The van der Waals surface area contributed by atoms with Gasteiger partial charge in [-0.15, -0.1) is 0 Å². The van der Waals surface area contributed by atoms with E-state index in [-0.39, 0.29) is 0 Å². The summed E-state index contributed by atoms with van der Waals surface area (Å²) in [6, 6.07) is 9.85. The van der Waals surface area contributed by atoms with E-state index in [1.165, 1.54) is 0 Å². The first kappa shape index (κ1) is 14.9. The molecule has 3 rings (SSSR count). The molecule has 1 aliphatic rings. The Morgan fingerprint density at radius 3 is 2.50 bits per heavy atom. The molecule has 0 aliphatic carbocycles. The highest BCUT2D eigenvalue weighted by molar-refractivity contribution is 5.36. The zero-order valence-corrected chi connectivity index (χ0v) is 12.9. The van der Waals surface area contributed by atoms with E-state index in [9.17, 15) is 5.11 Å². The van der Waals surface area contributed by atoms with Gasteiger partial charge in [0.1, 0.15) is 5.82 Å². The number of nitrogens with zero attached hydrogens (tertiary/aromatic N) is 4. The van der Waals surface area contributed by atoms with E-state index in [0.717, 1.165) is 43.3 Å². The quantitative estimate of drug-likeness (QED) is 0.930. The predicted molar refractivity (Wildman–Crippen MR) is 86.8 cm³/mol. The molecule has 0 spiro atoms. The van der Waals surface area contributed by atoms with Crippen molar-refractivity contribution in [3.8, 4) is 0 Å². The molecule has 1 aliphatic heterocycles. The summed E-state index contributed by atoms with van der Waals surface area (Å²) in [6.07, 6.45) is 3.17. The van der Waals surface area contributed by atoms with E-state index in [2.05, 4.69) is 19.8 Å². The third kappa shape index (κ3) is 3.61. The van der Waals surface area contributed by atoms with Crippen LogP contribution in [0.25, 0.3) is 0 Å². The highest BCUT2D eigenvalue weighted by atomic mass is 16.3. The van der Waals surface area contributed by atoms with E-state index in [4.69, 9.17) is 0 Å². The molecule has 22 heavy (non-hydrogen) atoms. The number of piperazine rings is 1. The molecular weight excluding hydrogens is 276 g/mol. The summed E-state index contributed by atoms with van der Waals surface area (Å²) in [7, 11) is 0. The van der Waals surface area contributed by atoms with Gasteiger partial charge in [0.25, 0.3) is 0 Å². The molecule has 5 nitrogen and oxygen atoms in total. The zero-order chi connectivity index (χ0) is 15.4. The number of hydrogen-bond donors (Lipinski definition) is 1. The number of aromatic nitrogens is 2. The van der Waals surface area contributed by atoms with Crippen LogP contribution in [0.2, 0.25) is 0 Å². The number of rotatable bonds is 4. The van der Waals surface area contributed by atoms with Crippen LogP contribution in [0.5, 0.6) is 0 Å². The smallest absolute Gasteiger partial charge is 0.147 e. The first-order valence-corrected chi connectivity index (χ1v) is 7.71. The fraction of sp³-hybridized carbons (Fsp3) is 0.412. The maximum atomic E-state index is 10.3. The highest BCUT2D eigenvalue weighted by Gasteiger charge is 2.20.